The molecule has 2 rings (SSSR count). The molecule has 0 fully saturated rings. The maximum absolute atomic E-state index is 13.1. The molecule has 0 aliphatic carbocycles. The van der Waals surface area contributed by atoms with Gasteiger partial charge < -0.3 is 5.11 Å². The van der Waals surface area contributed by atoms with Gasteiger partial charge in [-0.15, -0.1) is 0 Å². The van der Waals surface area contributed by atoms with Gasteiger partial charge in [-0.25, -0.2) is 8.42 Å². The second kappa shape index (κ2) is 8.57. The summed E-state index contributed by atoms with van der Waals surface area (Å²) in [5.41, 5.74) is 0.461. The molecule has 0 aromatic heterocycles. The van der Waals surface area contributed by atoms with Crippen LogP contribution >= 0.6 is 45.8 Å². The van der Waals surface area contributed by atoms with Gasteiger partial charge in [0.15, 0.2) is 0 Å². The predicted molar refractivity (Wildman–Crippen MR) is 107 cm³/mol. The van der Waals surface area contributed by atoms with Crippen LogP contribution in [0.15, 0.2) is 47.4 Å². The maximum Gasteiger partial charge on any atom is 0.303 e. The topological polar surface area (TPSA) is 74.7 Å². The molecule has 0 aliphatic rings. The van der Waals surface area contributed by atoms with Crippen LogP contribution in [0.2, 0.25) is 10.0 Å². The number of halogens is 3. The van der Waals surface area contributed by atoms with Crippen molar-refractivity contribution in [3.8, 4) is 0 Å². The minimum atomic E-state index is -3.91. The second-order valence-electron chi connectivity index (χ2n) is 5.13. The molecular formula is C16H14Cl2INO4S. The summed E-state index contributed by atoms with van der Waals surface area (Å²) >= 11 is 13.9. The Balaban J connectivity index is 2.45. The smallest absolute Gasteiger partial charge is 0.303 e. The number of benzene rings is 2. The molecule has 0 bridgehead atoms. The summed E-state index contributed by atoms with van der Waals surface area (Å²) in [5.74, 6) is -0.977. The Morgan fingerprint density at radius 3 is 2.44 bits per heavy atom. The lowest BCUT2D eigenvalue weighted by Gasteiger charge is -2.24. The Morgan fingerprint density at radius 2 is 1.84 bits per heavy atom. The van der Waals surface area contributed by atoms with Crippen molar-refractivity contribution in [3.63, 3.8) is 0 Å². The zero-order chi connectivity index (χ0) is 18.6. The molecule has 9 heteroatoms. The van der Waals surface area contributed by atoms with Gasteiger partial charge in [-0.3, -0.25) is 9.10 Å². The van der Waals surface area contributed by atoms with Crippen molar-refractivity contribution >= 4 is 67.5 Å². The van der Waals surface area contributed by atoms with E-state index in [1.165, 1.54) is 22.5 Å². The first kappa shape index (κ1) is 20.3. The van der Waals surface area contributed by atoms with Crippen molar-refractivity contribution in [2.24, 2.45) is 0 Å². The fourth-order valence-electron chi connectivity index (χ4n) is 2.16. The number of hydrogen-bond donors (Lipinski definition) is 1. The molecule has 0 heterocycles. The van der Waals surface area contributed by atoms with Crippen LogP contribution in [0.4, 0.5) is 5.69 Å². The molecule has 0 spiro atoms. The van der Waals surface area contributed by atoms with Gasteiger partial charge in [0.1, 0.15) is 0 Å². The summed E-state index contributed by atoms with van der Waals surface area (Å²) in [6.45, 7) is 0.0367. The third-order valence-corrected chi connectivity index (χ3v) is 6.56. The monoisotopic (exact) mass is 513 g/mol. The molecule has 25 heavy (non-hydrogen) atoms. The van der Waals surface area contributed by atoms with E-state index in [1.807, 2.05) is 6.07 Å². The highest BCUT2D eigenvalue weighted by molar-refractivity contribution is 14.1. The Morgan fingerprint density at radius 1 is 1.12 bits per heavy atom. The van der Waals surface area contributed by atoms with E-state index in [1.54, 1.807) is 18.2 Å². The van der Waals surface area contributed by atoms with Gasteiger partial charge in [-0.1, -0.05) is 29.3 Å². The van der Waals surface area contributed by atoms with E-state index < -0.39 is 16.0 Å². The number of aliphatic carboxylic acids is 1. The third-order valence-electron chi connectivity index (χ3n) is 3.33. The van der Waals surface area contributed by atoms with Crippen LogP contribution in [-0.2, 0) is 14.8 Å². The molecule has 0 saturated carbocycles. The number of carbonyl (C=O) groups is 1. The number of carboxylic acids is 1. The number of hydrogen-bond acceptors (Lipinski definition) is 3. The van der Waals surface area contributed by atoms with E-state index in [2.05, 4.69) is 22.6 Å². The van der Waals surface area contributed by atoms with Crippen LogP contribution in [-0.4, -0.2) is 26.0 Å². The molecule has 0 unspecified atom stereocenters. The molecule has 0 radical (unpaired) electrons. The molecule has 0 saturated heterocycles. The number of carboxylic acid groups (broad SMARTS) is 1. The van der Waals surface area contributed by atoms with Crippen molar-refractivity contribution < 1.29 is 18.3 Å². The van der Waals surface area contributed by atoms with Gasteiger partial charge in [0.05, 0.1) is 20.6 Å². The summed E-state index contributed by atoms with van der Waals surface area (Å²) in [5, 5.41) is 9.22. The van der Waals surface area contributed by atoms with Gasteiger partial charge >= 0.3 is 5.97 Å². The maximum atomic E-state index is 13.1. The summed E-state index contributed by atoms with van der Waals surface area (Å²) in [6, 6.07) is 11.0. The second-order valence-corrected chi connectivity index (χ2v) is 9.05. The normalized spacial score (nSPS) is 11.3. The highest BCUT2D eigenvalue weighted by atomic mass is 127. The molecule has 1 N–H and O–H groups in total. The van der Waals surface area contributed by atoms with E-state index in [4.69, 9.17) is 28.3 Å². The number of anilines is 1. The van der Waals surface area contributed by atoms with Crippen molar-refractivity contribution in [1.29, 1.82) is 0 Å². The standard InChI is InChI=1S/C16H14Cl2INO4S/c17-14-7-6-13(10-15(14)18)25(23,24)20(8-2-5-16(21)22)12-4-1-3-11(19)9-12/h1,3-4,6-7,9-10H,2,5,8H2,(H,21,22). The molecule has 2 aromatic rings. The van der Waals surface area contributed by atoms with Crippen LogP contribution < -0.4 is 4.31 Å². The first-order chi connectivity index (χ1) is 11.7. The lowest BCUT2D eigenvalue weighted by molar-refractivity contribution is -0.137. The quantitative estimate of drug-likeness (QED) is 0.546. The molecular weight excluding hydrogens is 500 g/mol. The number of nitrogens with zero attached hydrogens (tertiary/aromatic N) is 1. The van der Waals surface area contributed by atoms with E-state index in [-0.39, 0.29) is 34.3 Å². The van der Waals surface area contributed by atoms with Crippen LogP contribution in [0, 0.1) is 3.57 Å². The lowest BCUT2D eigenvalue weighted by Crippen LogP contribution is -2.32. The average molecular weight is 514 g/mol. The minimum Gasteiger partial charge on any atom is -0.481 e. The van der Waals surface area contributed by atoms with Crippen LogP contribution in [0.1, 0.15) is 12.8 Å². The van der Waals surface area contributed by atoms with E-state index in [0.717, 1.165) is 3.57 Å². The van der Waals surface area contributed by atoms with Crippen molar-refractivity contribution in [2.45, 2.75) is 17.7 Å². The molecule has 2 aromatic carbocycles. The highest BCUT2D eigenvalue weighted by Gasteiger charge is 2.25. The summed E-state index contributed by atoms with van der Waals surface area (Å²) in [7, 11) is -3.91. The summed E-state index contributed by atoms with van der Waals surface area (Å²) in [6.07, 6.45) is 0.0542. The zero-order valence-electron chi connectivity index (χ0n) is 12.8. The van der Waals surface area contributed by atoms with Gasteiger partial charge in [0.2, 0.25) is 0 Å². The Kier molecular flexibility index (Phi) is 6.95. The fraction of sp³-hybridized carbons (Fsp3) is 0.188. The van der Waals surface area contributed by atoms with Gasteiger partial charge in [0, 0.05) is 16.5 Å². The Labute approximate surface area is 169 Å². The molecule has 0 amide bonds. The molecule has 0 aliphatic heterocycles. The average Bonchev–Trinajstić information content (AvgIpc) is 2.53. The van der Waals surface area contributed by atoms with Crippen molar-refractivity contribution in [1.82, 2.24) is 0 Å². The number of sulfonamides is 1. The minimum absolute atomic E-state index is 0.00362. The number of rotatable bonds is 7. The Hall–Kier alpha value is -1.03. The van der Waals surface area contributed by atoms with Gasteiger partial charge in [0.25, 0.3) is 10.0 Å². The molecule has 134 valence electrons. The SMILES string of the molecule is O=C(O)CCCN(c1cccc(I)c1)S(=O)(=O)c1ccc(Cl)c(Cl)c1. The van der Waals surface area contributed by atoms with E-state index >= 15 is 0 Å². The fourth-order valence-corrected chi connectivity index (χ4v) is 4.57. The molecule has 0 atom stereocenters. The largest absolute Gasteiger partial charge is 0.481 e. The van der Waals surface area contributed by atoms with Crippen molar-refractivity contribution in [2.75, 3.05) is 10.8 Å². The first-order valence-electron chi connectivity index (χ1n) is 7.17. The summed E-state index contributed by atoms with van der Waals surface area (Å²) in [4.78, 5) is 10.8. The van der Waals surface area contributed by atoms with Crippen molar-refractivity contribution in [3.05, 3.63) is 56.1 Å². The van der Waals surface area contributed by atoms with Gasteiger partial charge in [-0.05, 0) is 65.4 Å². The van der Waals surface area contributed by atoms with Crippen LogP contribution in [0.3, 0.4) is 0 Å². The molecule has 5 nitrogen and oxygen atoms in total. The predicted octanol–water partition coefficient (Wildman–Crippen LogP) is 4.66. The highest BCUT2D eigenvalue weighted by Crippen LogP contribution is 2.30. The van der Waals surface area contributed by atoms with Crippen LogP contribution in [0.5, 0.6) is 0 Å². The van der Waals surface area contributed by atoms with E-state index in [9.17, 15) is 13.2 Å². The summed E-state index contributed by atoms with van der Waals surface area (Å²) < 4.78 is 28.2. The zero-order valence-corrected chi connectivity index (χ0v) is 17.3. The third kappa shape index (κ3) is 5.22. The van der Waals surface area contributed by atoms with E-state index in [0.29, 0.717) is 5.69 Å². The Bertz CT molecular complexity index is 889. The lowest BCUT2D eigenvalue weighted by atomic mass is 10.3. The van der Waals surface area contributed by atoms with Gasteiger partial charge in [-0.2, -0.15) is 0 Å². The van der Waals surface area contributed by atoms with Crippen LogP contribution in [0.25, 0.3) is 0 Å². The first-order valence-corrected chi connectivity index (χ1v) is 10.4.